The molecule has 0 amide bonds. The van der Waals surface area contributed by atoms with E-state index in [0.29, 0.717) is 16.6 Å². The summed E-state index contributed by atoms with van der Waals surface area (Å²) >= 11 is 0. The maximum atomic E-state index is 16.2. The van der Waals surface area contributed by atoms with Crippen LogP contribution in [0.5, 0.6) is 0 Å². The second-order valence-electron chi connectivity index (χ2n) is 8.83. The van der Waals surface area contributed by atoms with E-state index >= 15 is 8.78 Å². The molecule has 2 nitrogen and oxygen atoms in total. The molecule has 0 atom stereocenters. The fourth-order valence-corrected chi connectivity index (χ4v) is 5.42. The smallest absolute Gasteiger partial charge is 0.273 e. The fourth-order valence-electron chi connectivity index (χ4n) is 5.42. The van der Waals surface area contributed by atoms with E-state index in [9.17, 15) is 0 Å². The molecule has 1 aliphatic rings. The number of benzene rings is 4. The number of aryl methyl sites for hydroxylation is 2. The molecule has 4 aromatic carbocycles. The van der Waals surface area contributed by atoms with E-state index in [1.54, 1.807) is 18.3 Å². The maximum absolute atomic E-state index is 16.2. The van der Waals surface area contributed by atoms with Gasteiger partial charge in [0, 0.05) is 54.3 Å². The first-order valence-electron chi connectivity index (χ1n) is 10.9. The van der Waals surface area contributed by atoms with Crippen LogP contribution in [0, 0.1) is 19.9 Å². The van der Waals surface area contributed by atoms with Crippen LogP contribution in [0.2, 0.25) is 0 Å². The molecule has 1 aliphatic carbocycles. The molecule has 2 heterocycles. The molecular weight excluding hydrogens is 607 g/mol. The number of pyridine rings is 2. The predicted octanol–water partition coefficient (Wildman–Crippen LogP) is 7.62. The van der Waals surface area contributed by atoms with Crippen LogP contribution in [0.1, 0.15) is 22.5 Å². The molecule has 1 radical (unpaired) electrons. The number of rotatable bonds is 0. The van der Waals surface area contributed by atoms with Crippen molar-refractivity contribution < 1.29 is 28.9 Å². The van der Waals surface area contributed by atoms with Crippen molar-refractivity contribution in [3.05, 3.63) is 95.4 Å². The Bertz CT molecular complexity index is 1830. The van der Waals surface area contributed by atoms with Crippen molar-refractivity contribution in [2.24, 2.45) is 0 Å². The fraction of sp³-hybridized carbons (Fsp3) is 0.103. The van der Waals surface area contributed by atoms with Gasteiger partial charge in [0.1, 0.15) is 0 Å². The number of fused-ring (bicyclic) bond motifs is 7. The van der Waals surface area contributed by atoms with Gasteiger partial charge in [0.15, 0.2) is 0 Å². The minimum atomic E-state index is -3.17. The molecule has 0 saturated carbocycles. The number of hydrogen-bond acceptors (Lipinski definition) is 2. The van der Waals surface area contributed by atoms with Gasteiger partial charge in [-0.3, -0.25) is 9.97 Å². The second-order valence-corrected chi connectivity index (χ2v) is 8.83. The Morgan fingerprint density at radius 2 is 1.56 bits per heavy atom. The molecule has 34 heavy (non-hydrogen) atoms. The summed E-state index contributed by atoms with van der Waals surface area (Å²) < 4.78 is 32.4. The molecule has 0 bridgehead atoms. The molecule has 0 unspecified atom stereocenters. The monoisotopic (exact) mass is 624 g/mol. The van der Waals surface area contributed by atoms with Gasteiger partial charge in [-0.1, -0.05) is 41.3 Å². The Morgan fingerprint density at radius 1 is 0.794 bits per heavy atom. The third-order valence-electron chi connectivity index (χ3n) is 6.88. The van der Waals surface area contributed by atoms with Crippen LogP contribution in [0.3, 0.4) is 0 Å². The molecule has 0 N–H and O–H groups in total. The van der Waals surface area contributed by atoms with E-state index < -0.39 is 5.92 Å². The Kier molecular flexibility index (Phi) is 4.45. The van der Waals surface area contributed by atoms with Crippen molar-refractivity contribution in [3.63, 3.8) is 0 Å². The van der Waals surface area contributed by atoms with Crippen LogP contribution in [0.25, 0.3) is 54.3 Å². The van der Waals surface area contributed by atoms with Crippen LogP contribution in [-0.2, 0) is 26.0 Å². The Hall–Kier alpha value is -3.27. The van der Waals surface area contributed by atoms with Crippen LogP contribution >= 0.6 is 0 Å². The van der Waals surface area contributed by atoms with E-state index in [2.05, 4.69) is 16.0 Å². The Labute approximate surface area is 208 Å². The topological polar surface area (TPSA) is 25.8 Å². The summed E-state index contributed by atoms with van der Waals surface area (Å²) in [7, 11) is 0. The second kappa shape index (κ2) is 7.11. The summed E-state index contributed by atoms with van der Waals surface area (Å²) in [6.45, 7) is 3.89. The minimum absolute atomic E-state index is 0. The number of hydrogen-bond donors (Lipinski definition) is 0. The van der Waals surface area contributed by atoms with Gasteiger partial charge in [0.25, 0.3) is 5.92 Å². The largest absolute Gasteiger partial charge is 0.294 e. The molecule has 0 saturated heterocycles. The third kappa shape index (κ3) is 2.68. The van der Waals surface area contributed by atoms with Crippen molar-refractivity contribution in [2.45, 2.75) is 19.8 Å². The van der Waals surface area contributed by atoms with Gasteiger partial charge in [-0.25, -0.2) is 8.78 Å². The van der Waals surface area contributed by atoms with Crippen LogP contribution in [-0.4, -0.2) is 9.97 Å². The SMILES string of the molecule is Cc1cc2c(ccc3c4ccnc5c4c(cc23)C(F)(F)c2cc3ccccc3[c-]c2-5)c(C)n1.[Ir]. The van der Waals surface area contributed by atoms with E-state index in [-0.39, 0.29) is 31.2 Å². The molecule has 0 aliphatic heterocycles. The summed E-state index contributed by atoms with van der Waals surface area (Å²) in [5, 5.41) is 6.52. The van der Waals surface area contributed by atoms with E-state index in [1.807, 2.05) is 62.4 Å². The minimum Gasteiger partial charge on any atom is -0.294 e. The van der Waals surface area contributed by atoms with Gasteiger partial charge in [0.05, 0.1) is 0 Å². The maximum Gasteiger partial charge on any atom is 0.273 e. The van der Waals surface area contributed by atoms with Crippen LogP contribution in [0.15, 0.2) is 66.9 Å². The van der Waals surface area contributed by atoms with Crippen molar-refractivity contribution in [1.82, 2.24) is 9.97 Å². The van der Waals surface area contributed by atoms with Gasteiger partial charge in [0.2, 0.25) is 0 Å². The average molecular weight is 624 g/mol. The Morgan fingerprint density at radius 3 is 2.41 bits per heavy atom. The van der Waals surface area contributed by atoms with Gasteiger partial charge < -0.3 is 0 Å². The summed E-state index contributed by atoms with van der Waals surface area (Å²) in [6, 6.07) is 21.9. The van der Waals surface area contributed by atoms with Crippen molar-refractivity contribution >= 4 is 43.1 Å². The van der Waals surface area contributed by atoms with Gasteiger partial charge in [-0.15, -0.1) is 23.6 Å². The molecule has 167 valence electrons. The molecule has 0 fully saturated rings. The van der Waals surface area contributed by atoms with Crippen LogP contribution < -0.4 is 0 Å². The third-order valence-corrected chi connectivity index (χ3v) is 6.88. The summed E-state index contributed by atoms with van der Waals surface area (Å²) in [6.07, 6.45) is 1.71. The number of alkyl halides is 2. The summed E-state index contributed by atoms with van der Waals surface area (Å²) in [4.78, 5) is 9.14. The van der Waals surface area contributed by atoms with Gasteiger partial charge >= 0.3 is 0 Å². The molecule has 7 rings (SSSR count). The van der Waals surface area contributed by atoms with E-state index in [0.717, 1.165) is 49.1 Å². The molecule has 0 spiro atoms. The average Bonchev–Trinajstić information content (AvgIpc) is 2.81. The molecule has 2 aromatic heterocycles. The summed E-state index contributed by atoms with van der Waals surface area (Å²) in [5.74, 6) is -3.17. The number of nitrogens with zero attached hydrogens (tertiary/aromatic N) is 2. The molecule has 6 aromatic rings. The summed E-state index contributed by atoms with van der Waals surface area (Å²) in [5.41, 5.74) is 2.68. The van der Waals surface area contributed by atoms with Crippen molar-refractivity contribution in [1.29, 1.82) is 0 Å². The molecular formula is C29H17F2IrN2-. The van der Waals surface area contributed by atoms with Crippen LogP contribution in [0.4, 0.5) is 8.78 Å². The zero-order chi connectivity index (χ0) is 22.5. The molecule has 5 heteroatoms. The van der Waals surface area contributed by atoms with Crippen molar-refractivity contribution in [2.75, 3.05) is 0 Å². The first-order chi connectivity index (χ1) is 15.9. The first-order valence-corrected chi connectivity index (χ1v) is 10.9. The van der Waals surface area contributed by atoms with Gasteiger partial charge in [-0.2, -0.15) is 0 Å². The first kappa shape index (κ1) is 21.3. The zero-order valence-corrected chi connectivity index (χ0v) is 20.7. The Balaban J connectivity index is 0.00000217. The number of aromatic nitrogens is 2. The normalized spacial score (nSPS) is 13.9. The standard InChI is InChI=1S/C29H17F2N2.Ir/c1-15-11-22-19(16(2)33-15)7-8-20-21-9-10-32-28-24-12-17-5-3-4-6-18(17)13-25(24)29(30,31)26(27(21)28)14-23(20)22;/h3-11,13-14H,1-2H3;/q-1;. The number of halogens is 2. The zero-order valence-electron chi connectivity index (χ0n) is 18.3. The predicted molar refractivity (Wildman–Crippen MR) is 129 cm³/mol. The van der Waals surface area contributed by atoms with E-state index in [4.69, 9.17) is 0 Å². The van der Waals surface area contributed by atoms with Crippen molar-refractivity contribution in [3.8, 4) is 11.3 Å². The van der Waals surface area contributed by atoms with E-state index in [1.165, 1.54) is 0 Å². The van der Waals surface area contributed by atoms with Gasteiger partial charge in [-0.05, 0) is 64.5 Å². The quantitative estimate of drug-likeness (QED) is 0.129.